The summed E-state index contributed by atoms with van der Waals surface area (Å²) >= 11 is 0. The Bertz CT molecular complexity index is 364. The third-order valence-corrected chi connectivity index (χ3v) is 1.83. The van der Waals surface area contributed by atoms with Crippen molar-refractivity contribution in [3.63, 3.8) is 0 Å². The zero-order valence-electron chi connectivity index (χ0n) is 8.84. The van der Waals surface area contributed by atoms with Crippen LogP contribution in [-0.4, -0.2) is 29.6 Å². The van der Waals surface area contributed by atoms with Crippen LogP contribution in [0.4, 0.5) is 0 Å². The van der Waals surface area contributed by atoms with E-state index in [2.05, 4.69) is 5.32 Å². The second kappa shape index (κ2) is 5.75. The van der Waals surface area contributed by atoms with Crippen molar-refractivity contribution in [2.24, 2.45) is 0 Å². The number of rotatable bonds is 5. The van der Waals surface area contributed by atoms with Gasteiger partial charge in [0, 0.05) is 6.92 Å². The standard InChI is InChI=1S/C11H13NO4/c1-8(13)12-7-10(11(14)15)16-9-5-3-2-4-6-9/h2-6,10H,7H2,1H3,(H,12,13)(H,14,15)/t10-/m1/s1. The first-order chi connectivity index (χ1) is 7.59. The normalized spacial score (nSPS) is 11.6. The molecular weight excluding hydrogens is 210 g/mol. The molecule has 0 aromatic heterocycles. The Hall–Kier alpha value is -2.04. The van der Waals surface area contributed by atoms with Gasteiger partial charge in [-0.3, -0.25) is 4.79 Å². The average Bonchev–Trinajstić information content (AvgIpc) is 2.25. The number of hydrogen-bond acceptors (Lipinski definition) is 3. The molecule has 0 spiro atoms. The number of carboxylic acid groups (broad SMARTS) is 1. The van der Waals surface area contributed by atoms with Gasteiger partial charge >= 0.3 is 5.97 Å². The van der Waals surface area contributed by atoms with Crippen LogP contribution < -0.4 is 10.1 Å². The van der Waals surface area contributed by atoms with Crippen molar-refractivity contribution >= 4 is 11.9 Å². The van der Waals surface area contributed by atoms with Gasteiger partial charge in [-0.25, -0.2) is 4.79 Å². The fraction of sp³-hybridized carbons (Fsp3) is 0.273. The van der Waals surface area contributed by atoms with E-state index < -0.39 is 12.1 Å². The van der Waals surface area contributed by atoms with Crippen LogP contribution in [0.5, 0.6) is 5.75 Å². The Kier molecular flexibility index (Phi) is 4.32. The smallest absolute Gasteiger partial charge is 0.346 e. The zero-order chi connectivity index (χ0) is 12.0. The van der Waals surface area contributed by atoms with E-state index in [4.69, 9.17) is 9.84 Å². The van der Waals surface area contributed by atoms with Gasteiger partial charge in [-0.05, 0) is 12.1 Å². The maximum absolute atomic E-state index is 10.8. The number of amides is 1. The lowest BCUT2D eigenvalue weighted by Crippen LogP contribution is -2.39. The van der Waals surface area contributed by atoms with E-state index in [1.165, 1.54) is 6.92 Å². The van der Waals surface area contributed by atoms with Crippen molar-refractivity contribution in [3.05, 3.63) is 30.3 Å². The highest BCUT2D eigenvalue weighted by Gasteiger charge is 2.19. The number of aliphatic carboxylic acids is 1. The monoisotopic (exact) mass is 223 g/mol. The number of carboxylic acids is 1. The second-order valence-corrected chi connectivity index (χ2v) is 3.19. The lowest BCUT2D eigenvalue weighted by atomic mass is 10.3. The number of benzene rings is 1. The van der Waals surface area contributed by atoms with Gasteiger partial charge in [-0.15, -0.1) is 0 Å². The number of carbonyl (C=O) groups excluding carboxylic acids is 1. The third-order valence-electron chi connectivity index (χ3n) is 1.83. The van der Waals surface area contributed by atoms with Gasteiger partial charge in [0.1, 0.15) is 5.75 Å². The summed E-state index contributed by atoms with van der Waals surface area (Å²) in [5.41, 5.74) is 0. The van der Waals surface area contributed by atoms with E-state index in [-0.39, 0.29) is 12.5 Å². The Morgan fingerprint density at radius 1 is 1.38 bits per heavy atom. The van der Waals surface area contributed by atoms with Crippen LogP contribution in [-0.2, 0) is 9.59 Å². The molecule has 0 aliphatic rings. The summed E-state index contributed by atoms with van der Waals surface area (Å²) in [6.45, 7) is 1.26. The van der Waals surface area contributed by atoms with E-state index in [1.807, 2.05) is 0 Å². The van der Waals surface area contributed by atoms with Gasteiger partial charge in [-0.1, -0.05) is 18.2 Å². The molecule has 86 valence electrons. The molecule has 0 radical (unpaired) electrons. The first kappa shape index (κ1) is 12.0. The van der Waals surface area contributed by atoms with E-state index in [0.717, 1.165) is 0 Å². The number of carbonyl (C=O) groups is 2. The molecule has 0 saturated carbocycles. The van der Waals surface area contributed by atoms with Crippen molar-refractivity contribution in [2.45, 2.75) is 13.0 Å². The SMILES string of the molecule is CC(=O)NC[C@@H](Oc1ccccc1)C(=O)O. The molecule has 0 heterocycles. The van der Waals surface area contributed by atoms with Gasteiger partial charge in [0.05, 0.1) is 6.54 Å². The topological polar surface area (TPSA) is 75.6 Å². The van der Waals surface area contributed by atoms with Crippen molar-refractivity contribution in [3.8, 4) is 5.75 Å². The highest BCUT2D eigenvalue weighted by molar-refractivity contribution is 5.76. The van der Waals surface area contributed by atoms with Crippen LogP contribution >= 0.6 is 0 Å². The first-order valence-corrected chi connectivity index (χ1v) is 4.78. The summed E-state index contributed by atoms with van der Waals surface area (Å²) in [7, 11) is 0. The van der Waals surface area contributed by atoms with Crippen molar-refractivity contribution in [2.75, 3.05) is 6.54 Å². The second-order valence-electron chi connectivity index (χ2n) is 3.19. The Balaban J connectivity index is 2.58. The molecule has 0 bridgehead atoms. The van der Waals surface area contributed by atoms with Gasteiger partial charge in [0.25, 0.3) is 0 Å². The summed E-state index contributed by atoms with van der Waals surface area (Å²) in [6, 6.07) is 8.60. The maximum atomic E-state index is 10.8. The van der Waals surface area contributed by atoms with E-state index in [0.29, 0.717) is 5.75 Å². The largest absolute Gasteiger partial charge is 0.478 e. The average molecular weight is 223 g/mol. The summed E-state index contributed by atoms with van der Waals surface area (Å²) in [4.78, 5) is 21.5. The molecular formula is C11H13NO4. The quantitative estimate of drug-likeness (QED) is 0.768. The van der Waals surface area contributed by atoms with Gasteiger partial charge < -0.3 is 15.2 Å². The Morgan fingerprint density at radius 3 is 2.50 bits per heavy atom. The van der Waals surface area contributed by atoms with Crippen LogP contribution in [0.15, 0.2) is 30.3 Å². The number of para-hydroxylation sites is 1. The molecule has 1 rings (SSSR count). The predicted octanol–water partition coefficient (Wildman–Crippen LogP) is 0.655. The van der Waals surface area contributed by atoms with E-state index in [9.17, 15) is 9.59 Å². The zero-order valence-corrected chi connectivity index (χ0v) is 8.84. The van der Waals surface area contributed by atoms with Gasteiger partial charge in [-0.2, -0.15) is 0 Å². The first-order valence-electron chi connectivity index (χ1n) is 4.78. The fourth-order valence-electron chi connectivity index (χ4n) is 1.08. The fourth-order valence-corrected chi connectivity index (χ4v) is 1.08. The van der Waals surface area contributed by atoms with Gasteiger partial charge in [0.2, 0.25) is 12.0 Å². The lowest BCUT2D eigenvalue weighted by Gasteiger charge is -2.15. The maximum Gasteiger partial charge on any atom is 0.346 e. The summed E-state index contributed by atoms with van der Waals surface area (Å²) in [5.74, 6) is -0.944. The van der Waals surface area contributed by atoms with Crippen molar-refractivity contribution in [1.29, 1.82) is 0 Å². The van der Waals surface area contributed by atoms with E-state index >= 15 is 0 Å². The molecule has 16 heavy (non-hydrogen) atoms. The molecule has 1 atom stereocenters. The molecule has 0 unspecified atom stereocenters. The number of ether oxygens (including phenoxy) is 1. The number of nitrogens with one attached hydrogen (secondary N) is 1. The van der Waals surface area contributed by atoms with Crippen molar-refractivity contribution in [1.82, 2.24) is 5.32 Å². The molecule has 1 aromatic rings. The molecule has 5 nitrogen and oxygen atoms in total. The highest BCUT2D eigenvalue weighted by Crippen LogP contribution is 2.10. The van der Waals surface area contributed by atoms with Gasteiger partial charge in [0.15, 0.2) is 0 Å². The number of hydrogen-bond donors (Lipinski definition) is 2. The van der Waals surface area contributed by atoms with Crippen LogP contribution in [0.1, 0.15) is 6.92 Å². The minimum Gasteiger partial charge on any atom is -0.478 e. The molecule has 1 aromatic carbocycles. The molecule has 0 aliphatic carbocycles. The lowest BCUT2D eigenvalue weighted by molar-refractivity contribution is -0.145. The third kappa shape index (κ3) is 4.00. The minimum atomic E-state index is -1.11. The summed E-state index contributed by atoms with van der Waals surface area (Å²) in [5, 5.41) is 11.3. The molecule has 0 saturated heterocycles. The summed E-state index contributed by atoms with van der Waals surface area (Å²) in [6.07, 6.45) is -1.08. The molecule has 1 amide bonds. The Labute approximate surface area is 93.0 Å². The molecule has 0 aliphatic heterocycles. The van der Waals surface area contributed by atoms with Crippen LogP contribution in [0, 0.1) is 0 Å². The van der Waals surface area contributed by atoms with E-state index in [1.54, 1.807) is 30.3 Å². The summed E-state index contributed by atoms with van der Waals surface area (Å²) < 4.78 is 5.21. The predicted molar refractivity (Wildman–Crippen MR) is 57.2 cm³/mol. The Morgan fingerprint density at radius 2 is 2.00 bits per heavy atom. The van der Waals surface area contributed by atoms with Crippen LogP contribution in [0.25, 0.3) is 0 Å². The highest BCUT2D eigenvalue weighted by atomic mass is 16.5. The van der Waals surface area contributed by atoms with Crippen LogP contribution in [0.2, 0.25) is 0 Å². The van der Waals surface area contributed by atoms with Crippen LogP contribution in [0.3, 0.4) is 0 Å². The molecule has 0 fully saturated rings. The van der Waals surface area contributed by atoms with Crippen molar-refractivity contribution < 1.29 is 19.4 Å². The molecule has 2 N–H and O–H groups in total. The minimum absolute atomic E-state index is 0.0560. The molecule has 5 heteroatoms.